The van der Waals surface area contributed by atoms with Gasteiger partial charge in [0.15, 0.2) is 0 Å². The van der Waals surface area contributed by atoms with Crippen LogP contribution in [0.4, 0.5) is 5.69 Å². The molecule has 7 heteroatoms. The van der Waals surface area contributed by atoms with Crippen molar-refractivity contribution in [1.29, 1.82) is 0 Å². The second-order valence-electron chi connectivity index (χ2n) is 5.65. The van der Waals surface area contributed by atoms with Crippen molar-refractivity contribution < 1.29 is 19.1 Å². The second kappa shape index (κ2) is 9.67. The molecule has 7 nitrogen and oxygen atoms in total. The fraction of sp³-hybridized carbons (Fsp3) is 0.471. The van der Waals surface area contributed by atoms with Gasteiger partial charge in [0.1, 0.15) is 6.54 Å². The summed E-state index contributed by atoms with van der Waals surface area (Å²) in [4.78, 5) is 38.7. The summed E-state index contributed by atoms with van der Waals surface area (Å²) in [5.74, 6) is -0.917. The van der Waals surface area contributed by atoms with E-state index in [4.69, 9.17) is 0 Å². The molecule has 2 amide bonds. The van der Waals surface area contributed by atoms with E-state index >= 15 is 0 Å². The Bertz CT molecular complexity index is 570. The first kappa shape index (κ1) is 19.6. The second-order valence-corrected chi connectivity index (χ2v) is 5.65. The smallest absolute Gasteiger partial charge is 0.337 e. The van der Waals surface area contributed by atoms with Crippen LogP contribution in [-0.2, 0) is 14.3 Å². The number of anilines is 1. The Morgan fingerprint density at radius 3 is 2.25 bits per heavy atom. The maximum Gasteiger partial charge on any atom is 0.337 e. The number of hydrogen-bond donors (Lipinski definition) is 1. The van der Waals surface area contributed by atoms with Gasteiger partial charge in [0.05, 0.1) is 12.7 Å². The molecule has 0 heterocycles. The van der Waals surface area contributed by atoms with E-state index in [2.05, 4.69) is 10.1 Å². The summed E-state index contributed by atoms with van der Waals surface area (Å²) in [6, 6.07) is 6.36. The number of amides is 2. The standard InChI is InChI=1S/C17H25N3O4/c1-13(21)20(12-16(22)18-10-5-11-19(2)3)15-8-6-14(7-9-15)17(23)24-4/h6-9H,5,10-12H2,1-4H3,(H,18,22). The van der Waals surface area contributed by atoms with Crippen molar-refractivity contribution in [3.8, 4) is 0 Å². The van der Waals surface area contributed by atoms with Crippen molar-refractivity contribution in [3.05, 3.63) is 29.8 Å². The van der Waals surface area contributed by atoms with Crippen LogP contribution in [0.15, 0.2) is 24.3 Å². The lowest BCUT2D eigenvalue weighted by Crippen LogP contribution is -2.40. The van der Waals surface area contributed by atoms with Gasteiger partial charge in [-0.1, -0.05) is 0 Å². The van der Waals surface area contributed by atoms with Gasteiger partial charge in [0, 0.05) is 19.2 Å². The third-order valence-electron chi connectivity index (χ3n) is 3.39. The van der Waals surface area contributed by atoms with Crippen LogP contribution in [0.25, 0.3) is 0 Å². The normalized spacial score (nSPS) is 10.4. The zero-order chi connectivity index (χ0) is 18.1. The topological polar surface area (TPSA) is 79.0 Å². The Hall–Kier alpha value is -2.41. The molecule has 0 aromatic heterocycles. The lowest BCUT2D eigenvalue weighted by atomic mass is 10.2. The van der Waals surface area contributed by atoms with Crippen molar-refractivity contribution in [2.24, 2.45) is 0 Å². The molecule has 0 saturated heterocycles. The third kappa shape index (κ3) is 6.37. The summed E-state index contributed by atoms with van der Waals surface area (Å²) < 4.78 is 4.63. The van der Waals surface area contributed by atoms with Gasteiger partial charge in [-0.15, -0.1) is 0 Å². The van der Waals surface area contributed by atoms with E-state index in [1.165, 1.54) is 18.9 Å². The van der Waals surface area contributed by atoms with Crippen LogP contribution in [0.2, 0.25) is 0 Å². The molecule has 0 radical (unpaired) electrons. The Balaban J connectivity index is 2.65. The number of nitrogens with zero attached hydrogens (tertiary/aromatic N) is 2. The predicted octanol–water partition coefficient (Wildman–Crippen LogP) is 0.894. The van der Waals surface area contributed by atoms with Gasteiger partial charge in [-0.25, -0.2) is 4.79 Å². The first-order chi connectivity index (χ1) is 11.3. The number of ether oxygens (including phenoxy) is 1. The summed E-state index contributed by atoms with van der Waals surface area (Å²) >= 11 is 0. The first-order valence-corrected chi connectivity index (χ1v) is 7.73. The van der Waals surface area contributed by atoms with Crippen LogP contribution >= 0.6 is 0 Å². The molecule has 0 spiro atoms. The van der Waals surface area contributed by atoms with Crippen LogP contribution in [-0.4, -0.2) is 63.5 Å². The zero-order valence-electron chi connectivity index (χ0n) is 14.7. The maximum atomic E-state index is 12.0. The molecular formula is C17H25N3O4. The lowest BCUT2D eigenvalue weighted by molar-refractivity contribution is -0.123. The van der Waals surface area contributed by atoms with Crippen LogP contribution in [0.1, 0.15) is 23.7 Å². The Morgan fingerprint density at radius 1 is 1.12 bits per heavy atom. The molecule has 1 N–H and O–H groups in total. The van der Waals surface area contributed by atoms with Gasteiger partial charge in [-0.2, -0.15) is 0 Å². The molecule has 0 aliphatic heterocycles. The lowest BCUT2D eigenvalue weighted by Gasteiger charge is -2.21. The molecule has 0 aliphatic rings. The number of esters is 1. The average Bonchev–Trinajstić information content (AvgIpc) is 2.55. The van der Waals surface area contributed by atoms with Crippen molar-refractivity contribution in [1.82, 2.24) is 10.2 Å². The van der Waals surface area contributed by atoms with Gasteiger partial charge in [-0.3, -0.25) is 9.59 Å². The summed E-state index contributed by atoms with van der Waals surface area (Å²) in [7, 11) is 5.24. The van der Waals surface area contributed by atoms with Crippen molar-refractivity contribution in [3.63, 3.8) is 0 Å². The maximum absolute atomic E-state index is 12.0. The number of benzene rings is 1. The largest absolute Gasteiger partial charge is 0.465 e. The highest BCUT2D eigenvalue weighted by Crippen LogP contribution is 2.16. The molecule has 1 aromatic carbocycles. The highest BCUT2D eigenvalue weighted by Gasteiger charge is 2.16. The van der Waals surface area contributed by atoms with Crippen LogP contribution in [0.5, 0.6) is 0 Å². The van der Waals surface area contributed by atoms with Crippen molar-refractivity contribution in [2.45, 2.75) is 13.3 Å². The van der Waals surface area contributed by atoms with Gasteiger partial charge in [0.25, 0.3) is 0 Å². The van der Waals surface area contributed by atoms with Gasteiger partial charge < -0.3 is 19.9 Å². The monoisotopic (exact) mass is 335 g/mol. The minimum absolute atomic E-state index is 0.0606. The molecule has 0 fully saturated rings. The molecule has 132 valence electrons. The molecular weight excluding hydrogens is 310 g/mol. The fourth-order valence-corrected chi connectivity index (χ4v) is 2.10. The van der Waals surface area contributed by atoms with Crippen LogP contribution in [0.3, 0.4) is 0 Å². The molecule has 24 heavy (non-hydrogen) atoms. The zero-order valence-corrected chi connectivity index (χ0v) is 14.7. The number of carbonyl (C=O) groups excluding carboxylic acids is 3. The number of rotatable bonds is 8. The highest BCUT2D eigenvalue weighted by molar-refractivity contribution is 5.98. The van der Waals surface area contributed by atoms with E-state index in [-0.39, 0.29) is 18.4 Å². The van der Waals surface area contributed by atoms with Gasteiger partial charge in [-0.05, 0) is 51.3 Å². The number of methoxy groups -OCH3 is 1. The molecule has 0 saturated carbocycles. The average molecular weight is 335 g/mol. The molecule has 0 bridgehead atoms. The Morgan fingerprint density at radius 2 is 1.75 bits per heavy atom. The SMILES string of the molecule is COC(=O)c1ccc(N(CC(=O)NCCCN(C)C)C(C)=O)cc1. The summed E-state index contributed by atoms with van der Waals surface area (Å²) in [5, 5.41) is 2.80. The minimum atomic E-state index is -0.449. The van der Waals surface area contributed by atoms with Crippen LogP contribution in [0, 0.1) is 0 Å². The van der Waals surface area contributed by atoms with Crippen molar-refractivity contribution in [2.75, 3.05) is 45.7 Å². The predicted molar refractivity (Wildman–Crippen MR) is 92.0 cm³/mol. The summed E-state index contributed by atoms with van der Waals surface area (Å²) in [6.45, 7) is 2.78. The van der Waals surface area contributed by atoms with E-state index < -0.39 is 5.97 Å². The molecule has 0 aliphatic carbocycles. The number of carbonyl (C=O) groups is 3. The quantitative estimate of drug-likeness (QED) is 0.564. The van der Waals surface area contributed by atoms with Gasteiger partial charge in [0.2, 0.25) is 11.8 Å². The van der Waals surface area contributed by atoms with Crippen LogP contribution < -0.4 is 10.2 Å². The molecule has 1 aromatic rings. The van der Waals surface area contributed by atoms with E-state index in [9.17, 15) is 14.4 Å². The third-order valence-corrected chi connectivity index (χ3v) is 3.39. The molecule has 0 atom stereocenters. The Kier molecular flexibility index (Phi) is 7.91. The Labute approximate surface area is 142 Å². The van der Waals surface area contributed by atoms with Gasteiger partial charge >= 0.3 is 5.97 Å². The van der Waals surface area contributed by atoms with E-state index in [1.807, 2.05) is 19.0 Å². The number of hydrogen-bond acceptors (Lipinski definition) is 5. The fourth-order valence-electron chi connectivity index (χ4n) is 2.10. The van der Waals surface area contributed by atoms with E-state index in [0.29, 0.717) is 17.8 Å². The van der Waals surface area contributed by atoms with E-state index in [0.717, 1.165) is 13.0 Å². The first-order valence-electron chi connectivity index (χ1n) is 7.73. The molecule has 1 rings (SSSR count). The number of nitrogens with one attached hydrogen (secondary N) is 1. The summed E-state index contributed by atoms with van der Waals surface area (Å²) in [6.07, 6.45) is 0.840. The van der Waals surface area contributed by atoms with Crippen molar-refractivity contribution >= 4 is 23.5 Å². The minimum Gasteiger partial charge on any atom is -0.465 e. The summed E-state index contributed by atoms with van der Waals surface area (Å²) in [5.41, 5.74) is 0.941. The van der Waals surface area contributed by atoms with E-state index in [1.54, 1.807) is 24.3 Å². The molecule has 0 unspecified atom stereocenters. The highest BCUT2D eigenvalue weighted by atomic mass is 16.5.